The summed E-state index contributed by atoms with van der Waals surface area (Å²) in [7, 11) is -3.46. The first-order valence-corrected chi connectivity index (χ1v) is 8.70. The third-order valence-electron chi connectivity index (χ3n) is 3.26. The summed E-state index contributed by atoms with van der Waals surface area (Å²) in [6.07, 6.45) is 5.42. The lowest BCUT2D eigenvalue weighted by molar-refractivity contribution is 0.282. The highest BCUT2D eigenvalue weighted by Crippen LogP contribution is 2.13. The van der Waals surface area contributed by atoms with Crippen LogP contribution >= 0.6 is 0 Å². The van der Waals surface area contributed by atoms with Gasteiger partial charge in [0.05, 0.1) is 11.5 Å². The SMILES string of the molecule is CCCCCCC(C)NS(=O)(=O)c1ccc(CO)cc1. The van der Waals surface area contributed by atoms with Crippen LogP contribution in [0.4, 0.5) is 0 Å². The molecule has 0 aliphatic carbocycles. The molecule has 1 rings (SSSR count). The summed E-state index contributed by atoms with van der Waals surface area (Å²) in [5, 5.41) is 8.95. The van der Waals surface area contributed by atoms with Gasteiger partial charge in [0.2, 0.25) is 10.0 Å². The van der Waals surface area contributed by atoms with Crippen molar-refractivity contribution in [3.63, 3.8) is 0 Å². The third kappa shape index (κ3) is 5.61. The molecule has 0 aliphatic heterocycles. The van der Waals surface area contributed by atoms with Gasteiger partial charge in [-0.2, -0.15) is 0 Å². The van der Waals surface area contributed by atoms with Crippen molar-refractivity contribution >= 4 is 10.0 Å². The predicted molar refractivity (Wildman–Crippen MR) is 80.9 cm³/mol. The minimum absolute atomic E-state index is 0.0608. The highest BCUT2D eigenvalue weighted by molar-refractivity contribution is 7.89. The van der Waals surface area contributed by atoms with Gasteiger partial charge in [0.15, 0.2) is 0 Å². The van der Waals surface area contributed by atoms with Crippen LogP contribution in [0, 0.1) is 0 Å². The first-order chi connectivity index (χ1) is 9.49. The molecule has 1 unspecified atom stereocenters. The van der Waals surface area contributed by atoms with E-state index in [9.17, 15) is 8.42 Å². The summed E-state index contributed by atoms with van der Waals surface area (Å²) < 4.78 is 27.0. The van der Waals surface area contributed by atoms with Crippen molar-refractivity contribution in [1.82, 2.24) is 4.72 Å². The monoisotopic (exact) mass is 299 g/mol. The summed E-state index contributed by atoms with van der Waals surface area (Å²) in [6.45, 7) is 3.97. The van der Waals surface area contributed by atoms with Gasteiger partial charge in [-0.3, -0.25) is 0 Å². The summed E-state index contributed by atoms with van der Waals surface area (Å²) in [5.74, 6) is 0. The Bertz CT molecular complexity index is 482. The number of rotatable bonds is 9. The van der Waals surface area contributed by atoms with Crippen LogP contribution in [0.1, 0.15) is 51.5 Å². The number of benzene rings is 1. The minimum atomic E-state index is -3.46. The molecule has 4 nitrogen and oxygen atoms in total. The maximum absolute atomic E-state index is 12.2. The van der Waals surface area contributed by atoms with E-state index in [0.29, 0.717) is 5.56 Å². The Morgan fingerprint density at radius 1 is 1.15 bits per heavy atom. The lowest BCUT2D eigenvalue weighted by Gasteiger charge is -2.14. The number of aliphatic hydroxyl groups is 1. The van der Waals surface area contributed by atoms with Crippen molar-refractivity contribution in [2.24, 2.45) is 0 Å². The molecule has 2 N–H and O–H groups in total. The van der Waals surface area contributed by atoms with Crippen molar-refractivity contribution in [2.75, 3.05) is 0 Å². The average molecular weight is 299 g/mol. The van der Waals surface area contributed by atoms with Crippen LogP contribution < -0.4 is 4.72 Å². The van der Waals surface area contributed by atoms with E-state index < -0.39 is 10.0 Å². The Hall–Kier alpha value is -0.910. The maximum atomic E-state index is 12.2. The van der Waals surface area contributed by atoms with E-state index >= 15 is 0 Å². The number of aliphatic hydroxyl groups excluding tert-OH is 1. The van der Waals surface area contributed by atoms with Gasteiger partial charge in [-0.25, -0.2) is 13.1 Å². The molecule has 114 valence electrons. The molecule has 0 amide bonds. The van der Waals surface area contributed by atoms with Crippen LogP contribution in [0.15, 0.2) is 29.2 Å². The van der Waals surface area contributed by atoms with Gasteiger partial charge >= 0.3 is 0 Å². The second-order valence-corrected chi connectivity index (χ2v) is 6.89. The molecule has 0 saturated carbocycles. The van der Waals surface area contributed by atoms with Gasteiger partial charge in [-0.05, 0) is 31.0 Å². The standard InChI is InChI=1S/C15H25NO3S/c1-3-4-5-6-7-13(2)16-20(18,19)15-10-8-14(12-17)9-11-15/h8-11,13,16-17H,3-7,12H2,1-2H3. The maximum Gasteiger partial charge on any atom is 0.240 e. The molecule has 5 heteroatoms. The van der Waals surface area contributed by atoms with Crippen molar-refractivity contribution < 1.29 is 13.5 Å². The Morgan fingerprint density at radius 3 is 2.35 bits per heavy atom. The summed E-state index contributed by atoms with van der Waals surface area (Å²) in [6, 6.07) is 6.24. The van der Waals surface area contributed by atoms with Gasteiger partial charge < -0.3 is 5.11 Å². The Labute approximate surface area is 122 Å². The fourth-order valence-corrected chi connectivity index (χ4v) is 3.32. The summed E-state index contributed by atoms with van der Waals surface area (Å²) >= 11 is 0. The Kier molecular flexibility index (Phi) is 7.19. The number of hydrogen-bond donors (Lipinski definition) is 2. The first-order valence-electron chi connectivity index (χ1n) is 7.21. The zero-order chi connectivity index (χ0) is 15.0. The molecule has 0 aliphatic rings. The lowest BCUT2D eigenvalue weighted by atomic mass is 10.1. The van der Waals surface area contributed by atoms with Gasteiger partial charge in [-0.15, -0.1) is 0 Å². The molecular weight excluding hydrogens is 274 g/mol. The van der Waals surface area contributed by atoms with Crippen LogP contribution in [-0.4, -0.2) is 19.6 Å². The smallest absolute Gasteiger partial charge is 0.240 e. The number of sulfonamides is 1. The van der Waals surface area contributed by atoms with E-state index in [1.807, 2.05) is 6.92 Å². The van der Waals surface area contributed by atoms with Gasteiger partial charge in [0, 0.05) is 6.04 Å². The number of unbranched alkanes of at least 4 members (excludes halogenated alkanes) is 3. The predicted octanol–water partition coefficient (Wildman–Crippen LogP) is 2.82. The van der Waals surface area contributed by atoms with Crippen LogP contribution in [-0.2, 0) is 16.6 Å². The molecule has 0 bridgehead atoms. The molecule has 0 radical (unpaired) electrons. The van der Waals surface area contributed by atoms with E-state index in [1.165, 1.54) is 25.0 Å². The van der Waals surface area contributed by atoms with Crippen molar-refractivity contribution in [1.29, 1.82) is 0 Å². The van der Waals surface area contributed by atoms with E-state index in [4.69, 9.17) is 5.11 Å². The average Bonchev–Trinajstić information content (AvgIpc) is 2.43. The Morgan fingerprint density at radius 2 is 1.80 bits per heavy atom. The minimum Gasteiger partial charge on any atom is -0.392 e. The fourth-order valence-electron chi connectivity index (χ4n) is 2.04. The zero-order valence-corrected chi connectivity index (χ0v) is 13.1. The topological polar surface area (TPSA) is 66.4 Å². The molecule has 0 spiro atoms. The number of nitrogens with one attached hydrogen (secondary N) is 1. The summed E-state index contributed by atoms with van der Waals surface area (Å²) in [4.78, 5) is 0.245. The van der Waals surface area contributed by atoms with E-state index in [1.54, 1.807) is 12.1 Å². The fraction of sp³-hybridized carbons (Fsp3) is 0.600. The molecule has 1 atom stereocenters. The molecule has 0 saturated heterocycles. The van der Waals surface area contributed by atoms with Gasteiger partial charge in [0.25, 0.3) is 0 Å². The lowest BCUT2D eigenvalue weighted by Crippen LogP contribution is -2.32. The number of hydrogen-bond acceptors (Lipinski definition) is 3. The quantitative estimate of drug-likeness (QED) is 0.689. The van der Waals surface area contributed by atoms with Gasteiger partial charge in [-0.1, -0.05) is 44.7 Å². The Balaban J connectivity index is 2.55. The van der Waals surface area contributed by atoms with Crippen LogP contribution in [0.25, 0.3) is 0 Å². The molecule has 0 fully saturated rings. The van der Waals surface area contributed by atoms with Crippen LogP contribution in [0.3, 0.4) is 0 Å². The zero-order valence-electron chi connectivity index (χ0n) is 12.3. The second-order valence-electron chi connectivity index (χ2n) is 5.17. The van der Waals surface area contributed by atoms with Crippen molar-refractivity contribution in [3.05, 3.63) is 29.8 Å². The highest BCUT2D eigenvalue weighted by Gasteiger charge is 2.16. The largest absolute Gasteiger partial charge is 0.392 e. The normalized spacial score (nSPS) is 13.3. The van der Waals surface area contributed by atoms with E-state index in [-0.39, 0.29) is 17.5 Å². The molecular formula is C15H25NO3S. The first kappa shape index (κ1) is 17.1. The molecule has 0 heterocycles. The molecule has 1 aromatic rings. The van der Waals surface area contributed by atoms with Crippen molar-refractivity contribution in [2.45, 2.75) is 63.5 Å². The highest BCUT2D eigenvalue weighted by atomic mass is 32.2. The van der Waals surface area contributed by atoms with E-state index in [0.717, 1.165) is 19.3 Å². The summed E-state index contributed by atoms with van der Waals surface area (Å²) in [5.41, 5.74) is 0.705. The molecule has 20 heavy (non-hydrogen) atoms. The molecule has 1 aromatic carbocycles. The van der Waals surface area contributed by atoms with Gasteiger partial charge in [0.1, 0.15) is 0 Å². The molecule has 0 aromatic heterocycles. The van der Waals surface area contributed by atoms with E-state index in [2.05, 4.69) is 11.6 Å². The second kappa shape index (κ2) is 8.39. The van der Waals surface area contributed by atoms with Crippen molar-refractivity contribution in [3.8, 4) is 0 Å². The van der Waals surface area contributed by atoms with Crippen LogP contribution in [0.5, 0.6) is 0 Å². The van der Waals surface area contributed by atoms with Crippen LogP contribution in [0.2, 0.25) is 0 Å². The third-order valence-corrected chi connectivity index (χ3v) is 4.87.